The maximum absolute atomic E-state index is 6.28. The van der Waals surface area contributed by atoms with E-state index in [2.05, 4.69) is 15.2 Å². The fourth-order valence-electron chi connectivity index (χ4n) is 2.69. The standard InChI is InChI=1S/C18H15Cl2N3O3S/c1-24-14-3-2-11(19)8-12(14)17-21-18(23-22-17)27-9-10-6-13(20)16-15(7-10)25-4-5-26-16/h2-3,6-8H,4-5,9H2,1H3,(H,21,22,23). The average molecular weight is 424 g/mol. The van der Waals surface area contributed by atoms with Gasteiger partial charge in [0.1, 0.15) is 19.0 Å². The van der Waals surface area contributed by atoms with Gasteiger partial charge in [0.05, 0.1) is 17.7 Å². The van der Waals surface area contributed by atoms with E-state index in [0.29, 0.717) is 57.2 Å². The Labute approximate surface area is 170 Å². The summed E-state index contributed by atoms with van der Waals surface area (Å²) in [5.41, 5.74) is 1.76. The van der Waals surface area contributed by atoms with Crippen LogP contribution in [0.4, 0.5) is 0 Å². The summed E-state index contributed by atoms with van der Waals surface area (Å²) >= 11 is 13.9. The van der Waals surface area contributed by atoms with Crippen molar-refractivity contribution in [2.45, 2.75) is 10.9 Å². The number of hydrogen-bond donors (Lipinski definition) is 1. The molecule has 0 atom stereocenters. The van der Waals surface area contributed by atoms with Crippen molar-refractivity contribution < 1.29 is 14.2 Å². The monoisotopic (exact) mass is 423 g/mol. The molecule has 0 amide bonds. The van der Waals surface area contributed by atoms with Crippen molar-refractivity contribution >= 4 is 35.0 Å². The Morgan fingerprint density at radius 2 is 2.04 bits per heavy atom. The number of hydrogen-bond acceptors (Lipinski definition) is 6. The topological polar surface area (TPSA) is 69.3 Å². The fourth-order valence-corrected chi connectivity index (χ4v) is 3.88. The number of aromatic nitrogens is 3. The Morgan fingerprint density at radius 3 is 2.89 bits per heavy atom. The van der Waals surface area contributed by atoms with Crippen LogP contribution >= 0.6 is 35.0 Å². The molecule has 0 bridgehead atoms. The minimum atomic E-state index is 0.508. The van der Waals surface area contributed by atoms with Crippen LogP contribution in [0, 0.1) is 0 Å². The van der Waals surface area contributed by atoms with Gasteiger partial charge < -0.3 is 14.2 Å². The normalized spacial score (nSPS) is 12.9. The molecule has 9 heteroatoms. The minimum Gasteiger partial charge on any atom is -0.496 e. The number of thioether (sulfide) groups is 1. The molecule has 0 unspecified atom stereocenters. The Hall–Kier alpha value is -2.09. The van der Waals surface area contributed by atoms with Crippen LogP contribution in [0.3, 0.4) is 0 Å². The number of nitrogens with one attached hydrogen (secondary N) is 1. The van der Waals surface area contributed by atoms with Crippen molar-refractivity contribution in [3.8, 4) is 28.6 Å². The number of halogens is 2. The lowest BCUT2D eigenvalue weighted by molar-refractivity contribution is 0.171. The van der Waals surface area contributed by atoms with Gasteiger partial charge in [0.25, 0.3) is 0 Å². The van der Waals surface area contributed by atoms with Gasteiger partial charge in [-0.15, -0.1) is 5.10 Å². The van der Waals surface area contributed by atoms with Gasteiger partial charge in [0.15, 0.2) is 17.3 Å². The van der Waals surface area contributed by atoms with E-state index in [-0.39, 0.29) is 0 Å². The maximum atomic E-state index is 6.28. The van der Waals surface area contributed by atoms with Crippen LogP contribution in [0.5, 0.6) is 17.2 Å². The predicted octanol–water partition coefficient (Wildman–Crippen LogP) is 4.85. The number of nitrogens with zero attached hydrogens (tertiary/aromatic N) is 2. The summed E-state index contributed by atoms with van der Waals surface area (Å²) in [4.78, 5) is 4.52. The highest BCUT2D eigenvalue weighted by Gasteiger charge is 2.17. The smallest absolute Gasteiger partial charge is 0.209 e. The molecule has 1 aliphatic heterocycles. The van der Waals surface area contributed by atoms with E-state index in [9.17, 15) is 0 Å². The molecule has 3 aromatic rings. The second-order valence-electron chi connectivity index (χ2n) is 5.70. The van der Waals surface area contributed by atoms with Crippen LogP contribution in [0.1, 0.15) is 5.56 Å². The van der Waals surface area contributed by atoms with Crippen LogP contribution < -0.4 is 14.2 Å². The summed E-state index contributed by atoms with van der Waals surface area (Å²) in [7, 11) is 1.60. The van der Waals surface area contributed by atoms with E-state index in [1.54, 1.807) is 25.3 Å². The molecule has 0 spiro atoms. The lowest BCUT2D eigenvalue weighted by atomic mass is 10.2. The van der Waals surface area contributed by atoms with Gasteiger partial charge in [-0.1, -0.05) is 35.0 Å². The maximum Gasteiger partial charge on any atom is 0.209 e. The third-order valence-electron chi connectivity index (χ3n) is 3.91. The molecule has 140 valence electrons. The third kappa shape index (κ3) is 3.95. The molecule has 1 aliphatic rings. The van der Waals surface area contributed by atoms with Gasteiger partial charge in [-0.05, 0) is 35.9 Å². The molecule has 0 aliphatic carbocycles. The summed E-state index contributed by atoms with van der Waals surface area (Å²) in [6.45, 7) is 1.03. The highest BCUT2D eigenvalue weighted by Crippen LogP contribution is 2.39. The van der Waals surface area contributed by atoms with E-state index >= 15 is 0 Å². The first-order chi connectivity index (χ1) is 13.1. The summed E-state index contributed by atoms with van der Waals surface area (Å²) in [6.07, 6.45) is 0. The van der Waals surface area contributed by atoms with Gasteiger partial charge >= 0.3 is 0 Å². The van der Waals surface area contributed by atoms with Crippen molar-refractivity contribution in [1.82, 2.24) is 15.2 Å². The number of H-pyrrole nitrogens is 1. The van der Waals surface area contributed by atoms with Crippen molar-refractivity contribution in [1.29, 1.82) is 0 Å². The van der Waals surface area contributed by atoms with Gasteiger partial charge in [0.2, 0.25) is 5.16 Å². The summed E-state index contributed by atoms with van der Waals surface area (Å²) in [6, 6.07) is 9.15. The molecule has 0 saturated carbocycles. The van der Waals surface area contributed by atoms with Crippen molar-refractivity contribution in [2.24, 2.45) is 0 Å². The van der Waals surface area contributed by atoms with E-state index < -0.39 is 0 Å². The zero-order valence-electron chi connectivity index (χ0n) is 14.3. The molecule has 2 heterocycles. The van der Waals surface area contributed by atoms with Crippen LogP contribution in [0.2, 0.25) is 10.0 Å². The molecule has 1 N–H and O–H groups in total. The first-order valence-electron chi connectivity index (χ1n) is 8.11. The van der Waals surface area contributed by atoms with Gasteiger partial charge in [0, 0.05) is 10.8 Å². The second kappa shape index (κ2) is 7.88. The first kappa shape index (κ1) is 18.3. The number of aromatic amines is 1. The van der Waals surface area contributed by atoms with Crippen LogP contribution in [0.15, 0.2) is 35.5 Å². The molecular formula is C18H15Cl2N3O3S. The van der Waals surface area contributed by atoms with Crippen LogP contribution in [-0.4, -0.2) is 35.5 Å². The Bertz CT molecular complexity index is 980. The third-order valence-corrected chi connectivity index (χ3v) is 5.34. The molecule has 6 nitrogen and oxygen atoms in total. The lowest BCUT2D eigenvalue weighted by Crippen LogP contribution is -2.15. The van der Waals surface area contributed by atoms with Crippen LogP contribution in [0.25, 0.3) is 11.4 Å². The van der Waals surface area contributed by atoms with Crippen LogP contribution in [-0.2, 0) is 5.75 Å². The first-order valence-corrected chi connectivity index (χ1v) is 9.85. The van der Waals surface area contributed by atoms with Gasteiger partial charge in [-0.2, -0.15) is 0 Å². The largest absolute Gasteiger partial charge is 0.496 e. The predicted molar refractivity (Wildman–Crippen MR) is 105 cm³/mol. The molecule has 0 fully saturated rings. The molecule has 0 saturated heterocycles. The van der Waals surface area contributed by atoms with Crippen molar-refractivity contribution in [2.75, 3.05) is 20.3 Å². The lowest BCUT2D eigenvalue weighted by Gasteiger charge is -2.20. The van der Waals surface area contributed by atoms with Crippen molar-refractivity contribution in [3.05, 3.63) is 45.9 Å². The molecule has 27 heavy (non-hydrogen) atoms. The quantitative estimate of drug-likeness (QED) is 0.591. The van der Waals surface area contributed by atoms with Gasteiger partial charge in [-0.25, -0.2) is 4.98 Å². The van der Waals surface area contributed by atoms with E-state index in [1.807, 2.05) is 12.1 Å². The van der Waals surface area contributed by atoms with E-state index in [4.69, 9.17) is 37.4 Å². The van der Waals surface area contributed by atoms with E-state index in [0.717, 1.165) is 11.1 Å². The Balaban J connectivity index is 1.51. The fraction of sp³-hybridized carbons (Fsp3) is 0.222. The molecule has 1 aromatic heterocycles. The number of rotatable bonds is 5. The number of benzene rings is 2. The minimum absolute atomic E-state index is 0.508. The Morgan fingerprint density at radius 1 is 1.19 bits per heavy atom. The second-order valence-corrected chi connectivity index (χ2v) is 7.49. The summed E-state index contributed by atoms with van der Waals surface area (Å²) in [5.74, 6) is 3.18. The molecule has 0 radical (unpaired) electrons. The number of methoxy groups -OCH3 is 1. The van der Waals surface area contributed by atoms with Crippen molar-refractivity contribution in [3.63, 3.8) is 0 Å². The highest BCUT2D eigenvalue weighted by atomic mass is 35.5. The number of ether oxygens (including phenoxy) is 3. The van der Waals surface area contributed by atoms with E-state index in [1.165, 1.54) is 11.8 Å². The number of fused-ring (bicyclic) bond motifs is 1. The highest BCUT2D eigenvalue weighted by molar-refractivity contribution is 7.98. The zero-order valence-corrected chi connectivity index (χ0v) is 16.6. The Kier molecular flexibility index (Phi) is 5.33. The molecule has 2 aromatic carbocycles. The average Bonchev–Trinajstić information content (AvgIpc) is 3.15. The SMILES string of the molecule is COc1ccc(Cl)cc1-c1nc(SCc2cc(Cl)c3c(c2)OCCO3)n[nH]1. The molecular weight excluding hydrogens is 409 g/mol. The summed E-state index contributed by atoms with van der Waals surface area (Å²) < 4.78 is 16.5. The van der Waals surface area contributed by atoms with Gasteiger partial charge in [-0.3, -0.25) is 5.10 Å². The summed E-state index contributed by atoms with van der Waals surface area (Å²) in [5, 5.41) is 8.94. The zero-order chi connectivity index (χ0) is 18.8. The molecule has 4 rings (SSSR count).